The molecule has 2 fully saturated rings. The van der Waals surface area contributed by atoms with Crippen LogP contribution in [0, 0.1) is 18.8 Å². The number of carbonyl (C=O) groups excluding carboxylic acids is 5. The number of hydrogen-bond donors (Lipinski definition) is 0. The molecule has 4 aliphatic rings. The Hall–Kier alpha value is -6.81. The van der Waals surface area contributed by atoms with E-state index in [0.29, 0.717) is 16.7 Å². The summed E-state index contributed by atoms with van der Waals surface area (Å²) in [6.45, 7) is 10.8. The number of nitrogens with zero attached hydrogens (tertiary/aromatic N) is 2. The Bertz CT molecular complexity index is 3000. The van der Waals surface area contributed by atoms with Crippen LogP contribution in [0.25, 0.3) is 22.3 Å². The maximum Gasteiger partial charge on any atom is 0.332 e. The van der Waals surface area contributed by atoms with E-state index in [-0.39, 0.29) is 53.3 Å². The molecule has 0 saturated heterocycles. The number of benzene rings is 5. The van der Waals surface area contributed by atoms with Crippen molar-refractivity contribution in [3.8, 4) is 22.3 Å². The van der Waals surface area contributed by atoms with Gasteiger partial charge in [-0.05, 0) is 126 Å². The van der Waals surface area contributed by atoms with Gasteiger partial charge >= 0.3 is 17.9 Å². The average Bonchev–Trinajstić information content (AvgIpc) is 4.10. The second-order valence-electron chi connectivity index (χ2n) is 22.3. The maximum atomic E-state index is 14.3. The van der Waals surface area contributed by atoms with E-state index in [1.54, 1.807) is 13.0 Å². The minimum absolute atomic E-state index is 0.0222. The van der Waals surface area contributed by atoms with E-state index in [4.69, 9.17) is 14.4 Å². The summed E-state index contributed by atoms with van der Waals surface area (Å²) in [5, 5.41) is 7.90. The van der Waals surface area contributed by atoms with Gasteiger partial charge in [0.15, 0.2) is 5.71 Å². The van der Waals surface area contributed by atoms with Gasteiger partial charge < -0.3 is 14.4 Å². The fourth-order valence-electron chi connectivity index (χ4n) is 13.5. The van der Waals surface area contributed by atoms with Crippen LogP contribution in [0.5, 0.6) is 0 Å². The van der Waals surface area contributed by atoms with Gasteiger partial charge in [0.1, 0.15) is 5.71 Å². The minimum Gasteiger partial charge on any atom is -0.466 e. The van der Waals surface area contributed by atoms with E-state index in [9.17, 15) is 24.0 Å². The van der Waals surface area contributed by atoms with Crippen LogP contribution in [0.3, 0.4) is 0 Å². The quantitative estimate of drug-likeness (QED) is 0.0233. The van der Waals surface area contributed by atoms with Crippen LogP contribution in [-0.2, 0) is 39.6 Å². The lowest BCUT2D eigenvalue weighted by molar-refractivity contribution is -0.143. The maximum absolute atomic E-state index is 14.3. The van der Waals surface area contributed by atoms with Crippen LogP contribution in [0.15, 0.2) is 120 Å². The van der Waals surface area contributed by atoms with Gasteiger partial charge in [0.25, 0.3) is 0 Å². The Balaban J connectivity index is 0.000000213. The Morgan fingerprint density at radius 2 is 0.974 bits per heavy atom. The molecule has 2 saturated carbocycles. The Kier molecular flexibility index (Phi) is 19.6. The van der Waals surface area contributed by atoms with E-state index in [2.05, 4.69) is 84.8 Å². The molecule has 0 spiro atoms. The van der Waals surface area contributed by atoms with E-state index >= 15 is 0 Å². The summed E-state index contributed by atoms with van der Waals surface area (Å²) in [6.07, 6.45) is 22.3. The molecule has 0 bridgehead atoms. The molecule has 9 rings (SSSR count). The molecule has 0 atom stereocenters. The van der Waals surface area contributed by atoms with Gasteiger partial charge in [-0.2, -0.15) is 0 Å². The third-order valence-corrected chi connectivity index (χ3v) is 17.1. The summed E-state index contributed by atoms with van der Waals surface area (Å²) in [5.41, 5.74) is 12.8. The predicted octanol–water partition coefficient (Wildman–Crippen LogP) is 16.1. The molecule has 0 unspecified atom stereocenters. The normalized spacial score (nSPS) is 16.4. The molecule has 10 heteroatoms. The Morgan fingerprint density at radius 1 is 0.513 bits per heavy atom. The highest BCUT2D eigenvalue weighted by atomic mass is 16.7. The van der Waals surface area contributed by atoms with Crippen LogP contribution in [0.1, 0.15) is 217 Å². The third-order valence-electron chi connectivity index (χ3n) is 17.1. The molecule has 5 aromatic rings. The van der Waals surface area contributed by atoms with Crippen LogP contribution in [0.2, 0.25) is 0 Å². The number of ether oxygens (including phenoxy) is 1. The molecule has 0 aliphatic heterocycles. The summed E-state index contributed by atoms with van der Waals surface area (Å²) < 4.78 is 4.97. The number of hydrogen-bond acceptors (Lipinski definition) is 10. The summed E-state index contributed by atoms with van der Waals surface area (Å²) in [7, 11) is 0. The molecular weight excluding hydrogens is 973 g/mol. The van der Waals surface area contributed by atoms with Crippen molar-refractivity contribution in [1.29, 1.82) is 0 Å². The number of ketones is 2. The first-order chi connectivity index (χ1) is 37.8. The molecular formula is C68H80N2O8. The zero-order valence-corrected chi connectivity index (χ0v) is 47.1. The molecule has 78 heavy (non-hydrogen) atoms. The van der Waals surface area contributed by atoms with Gasteiger partial charge in [0.2, 0.25) is 11.6 Å². The van der Waals surface area contributed by atoms with E-state index in [1.165, 1.54) is 124 Å². The molecule has 0 radical (unpaired) electrons. The zero-order chi connectivity index (χ0) is 55.2. The lowest BCUT2D eigenvalue weighted by Crippen LogP contribution is -2.28. The Morgan fingerprint density at radius 3 is 1.47 bits per heavy atom. The lowest BCUT2D eigenvalue weighted by atomic mass is 9.67. The molecule has 0 amide bonds. The molecule has 0 heterocycles. The van der Waals surface area contributed by atoms with E-state index < -0.39 is 17.9 Å². The Labute approximate surface area is 462 Å². The van der Waals surface area contributed by atoms with Crippen molar-refractivity contribution in [3.05, 3.63) is 154 Å². The highest BCUT2D eigenvalue weighted by Crippen LogP contribution is 2.56. The van der Waals surface area contributed by atoms with E-state index in [1.807, 2.05) is 49.4 Å². The van der Waals surface area contributed by atoms with Crippen molar-refractivity contribution < 1.29 is 38.4 Å². The molecule has 410 valence electrons. The van der Waals surface area contributed by atoms with Crippen molar-refractivity contribution in [1.82, 2.24) is 0 Å². The number of Topliss-reactive ketones (excluding diaryl/α,β-unsaturated/α-hetero) is 2. The number of fused-ring (bicyclic) bond motifs is 6. The highest BCUT2D eigenvalue weighted by molar-refractivity contribution is 6.51. The minimum atomic E-state index is -0.629. The summed E-state index contributed by atoms with van der Waals surface area (Å²) in [5.74, 6) is -0.590. The summed E-state index contributed by atoms with van der Waals surface area (Å²) >= 11 is 0. The number of oxime groups is 2. The first kappa shape index (κ1) is 57.4. The molecule has 0 N–H and O–H groups in total. The molecule has 10 nitrogen and oxygen atoms in total. The number of esters is 1. The summed E-state index contributed by atoms with van der Waals surface area (Å²) in [4.78, 5) is 72.5. The first-order valence-corrected chi connectivity index (χ1v) is 29.1. The van der Waals surface area contributed by atoms with Crippen LogP contribution in [0.4, 0.5) is 0 Å². The largest absolute Gasteiger partial charge is 0.466 e. The second-order valence-corrected chi connectivity index (χ2v) is 22.3. The van der Waals surface area contributed by atoms with Crippen molar-refractivity contribution >= 4 is 40.9 Å². The lowest BCUT2D eigenvalue weighted by Gasteiger charge is -2.36. The van der Waals surface area contributed by atoms with Crippen LogP contribution < -0.4 is 0 Å². The average molecular weight is 1050 g/mol. The van der Waals surface area contributed by atoms with Crippen molar-refractivity contribution in [3.63, 3.8) is 0 Å². The fourth-order valence-corrected chi connectivity index (χ4v) is 13.5. The topological polar surface area (TPSA) is 138 Å². The third kappa shape index (κ3) is 12.9. The SMILES string of the molecule is CC(=O)O/N=C(/C(=O)c1ccc2c(c1)C(CCC1CCCCC1)(CCC1CCCCC1)c1ccccc1-2)c1ccccc1C.CCCC1(CCC)c2ccccc2-c2ccc(C(=O)/C(CCC(=O)OCC)=N/OC(C)=O)cc21. The zero-order valence-electron chi connectivity index (χ0n) is 47.1. The van der Waals surface area contributed by atoms with Crippen LogP contribution in [-0.4, -0.2) is 47.5 Å². The standard InChI is InChI=1S/C40H47NO3.C28H33NO5/c1-28-13-9-10-18-33(28)38(41-44-29(2)42)39(43)32-21-22-35-34-19-11-12-20-36(34)40(37(35)27-32,25-23-30-14-5-3-6-15-30)26-24-31-16-7-4-8-17-31;1-5-16-28(17-6-2)23-11-9-8-10-21(23)22-13-12-20(18-24(22)28)27(32)25(29-34-19(4)30)14-15-26(31)33-7-3/h9-13,18-22,27,30-31H,3-8,14-17,23-26H2,1-2H3;8-13,18H,5-7,14-17H2,1-4H3/b41-38+;29-25+. The van der Waals surface area contributed by atoms with Gasteiger partial charge in [0.05, 0.1) is 13.0 Å². The van der Waals surface area contributed by atoms with Crippen LogP contribution >= 0.6 is 0 Å². The number of rotatable bonds is 21. The van der Waals surface area contributed by atoms with Gasteiger partial charge in [0, 0.05) is 47.8 Å². The highest BCUT2D eigenvalue weighted by Gasteiger charge is 2.45. The monoisotopic (exact) mass is 1050 g/mol. The fraction of sp³-hybridized carbons (Fsp3) is 0.456. The predicted molar refractivity (Wildman–Crippen MR) is 310 cm³/mol. The van der Waals surface area contributed by atoms with Crippen molar-refractivity contribution in [2.75, 3.05) is 6.61 Å². The van der Waals surface area contributed by atoms with Gasteiger partial charge in [-0.1, -0.05) is 198 Å². The van der Waals surface area contributed by atoms with Crippen molar-refractivity contribution in [2.24, 2.45) is 22.1 Å². The molecule has 0 aromatic heterocycles. The first-order valence-electron chi connectivity index (χ1n) is 29.1. The van der Waals surface area contributed by atoms with Gasteiger partial charge in [-0.15, -0.1) is 0 Å². The van der Waals surface area contributed by atoms with Crippen molar-refractivity contribution in [2.45, 2.75) is 181 Å². The summed E-state index contributed by atoms with van der Waals surface area (Å²) in [6, 6.07) is 37.2. The van der Waals surface area contributed by atoms with E-state index in [0.717, 1.165) is 67.1 Å². The molecule has 5 aromatic carbocycles. The molecule has 4 aliphatic carbocycles. The number of carbonyl (C=O) groups is 5. The second kappa shape index (κ2) is 26.7. The number of aryl methyl sites for hydroxylation is 1. The van der Waals surface area contributed by atoms with Gasteiger partial charge in [-0.25, -0.2) is 9.59 Å². The smallest absolute Gasteiger partial charge is 0.332 e. The van der Waals surface area contributed by atoms with Gasteiger partial charge in [-0.3, -0.25) is 14.4 Å².